The zero-order valence-corrected chi connectivity index (χ0v) is 37.0. The van der Waals surface area contributed by atoms with Gasteiger partial charge in [-0.3, -0.25) is 0 Å². The van der Waals surface area contributed by atoms with Crippen molar-refractivity contribution in [3.05, 3.63) is 93.2 Å². The fraction of sp³-hybridized carbons (Fsp3) is 0.709. The fourth-order valence-corrected chi connectivity index (χ4v) is 11.0. The molecule has 0 aromatic carbocycles. The third kappa shape index (κ3) is 14.7. The topological polar surface area (TPSA) is 0 Å². The summed E-state index contributed by atoms with van der Waals surface area (Å²) in [6.07, 6.45) is 59.2. The summed E-state index contributed by atoms with van der Waals surface area (Å²) in [5.74, 6) is 4.01. The highest BCUT2D eigenvalue weighted by Gasteiger charge is 2.32. The molecule has 0 heterocycles. The van der Waals surface area contributed by atoms with Gasteiger partial charge in [0, 0.05) is 0 Å². The van der Waals surface area contributed by atoms with Gasteiger partial charge in [-0.15, -0.1) is 0 Å². The first-order valence-electron chi connectivity index (χ1n) is 24.5. The van der Waals surface area contributed by atoms with Gasteiger partial charge >= 0.3 is 0 Å². The lowest BCUT2D eigenvalue weighted by molar-refractivity contribution is 0.244. The third-order valence-electron chi connectivity index (χ3n) is 14.6. The number of rotatable bonds is 18. The number of allylic oxidation sites excluding steroid dienone is 16. The lowest BCUT2D eigenvalue weighted by atomic mass is 9.76. The van der Waals surface area contributed by atoms with E-state index in [-0.39, 0.29) is 0 Å². The Morgan fingerprint density at radius 1 is 0.745 bits per heavy atom. The van der Waals surface area contributed by atoms with E-state index in [1.54, 1.807) is 33.4 Å². The highest BCUT2D eigenvalue weighted by atomic mass is 14.4. The molecule has 1 fully saturated rings. The molecule has 0 nitrogen and oxygen atoms in total. The maximum absolute atomic E-state index is 2.87. The van der Waals surface area contributed by atoms with Crippen molar-refractivity contribution in [1.29, 1.82) is 0 Å². The standard InChI is InChI=1S/C55H86/c1-6-8-14-33-54(44(5)34-35-46-24-21-31-47-26-19-20-27-48(47)32-22-25-46)53-41-52(55(42-53)50-29-15-12-10-9-11-13-16-30-50)39-38-49(28-18-17-23-43(3)4)51-37-36-45(7-2)40-51/h9-10,19,24,26,30,39,42-45,53-54H,6-8,11-18,20-23,25,27-29,31-38,40-41H2,1-5H3. The molecule has 0 heteroatoms. The van der Waals surface area contributed by atoms with Crippen LogP contribution in [0.1, 0.15) is 221 Å². The van der Waals surface area contributed by atoms with Gasteiger partial charge in [0.1, 0.15) is 0 Å². The second kappa shape index (κ2) is 24.6. The molecule has 0 aromatic heterocycles. The van der Waals surface area contributed by atoms with Gasteiger partial charge in [-0.05, 0) is 200 Å². The first-order chi connectivity index (χ1) is 26.9. The molecule has 55 heavy (non-hydrogen) atoms. The van der Waals surface area contributed by atoms with E-state index in [2.05, 4.69) is 83.2 Å². The van der Waals surface area contributed by atoms with Crippen LogP contribution in [-0.2, 0) is 0 Å². The van der Waals surface area contributed by atoms with E-state index in [4.69, 9.17) is 0 Å². The Morgan fingerprint density at radius 3 is 2.42 bits per heavy atom. The quantitative estimate of drug-likeness (QED) is 0.0968. The molecule has 306 valence electrons. The minimum absolute atomic E-state index is 0.694. The monoisotopic (exact) mass is 747 g/mol. The van der Waals surface area contributed by atoms with Gasteiger partial charge in [-0.2, -0.15) is 0 Å². The van der Waals surface area contributed by atoms with Crippen LogP contribution >= 0.6 is 0 Å². The van der Waals surface area contributed by atoms with Gasteiger partial charge in [-0.25, -0.2) is 0 Å². The van der Waals surface area contributed by atoms with Crippen molar-refractivity contribution in [3.63, 3.8) is 0 Å². The molecule has 0 amide bonds. The molecule has 5 aliphatic rings. The van der Waals surface area contributed by atoms with Crippen LogP contribution in [0.25, 0.3) is 0 Å². The maximum Gasteiger partial charge on any atom is -0.0130 e. The van der Waals surface area contributed by atoms with E-state index in [1.807, 2.05) is 11.1 Å². The molecule has 0 N–H and O–H groups in total. The van der Waals surface area contributed by atoms with E-state index in [1.165, 1.54) is 186 Å². The maximum atomic E-state index is 2.87. The zero-order chi connectivity index (χ0) is 38.7. The third-order valence-corrected chi connectivity index (χ3v) is 14.6. The molecule has 5 aliphatic carbocycles. The van der Waals surface area contributed by atoms with Crippen molar-refractivity contribution in [2.75, 3.05) is 0 Å². The summed E-state index contributed by atoms with van der Waals surface area (Å²) in [6, 6.07) is 0. The fourth-order valence-electron chi connectivity index (χ4n) is 11.0. The van der Waals surface area contributed by atoms with Gasteiger partial charge in [0.05, 0.1) is 0 Å². The van der Waals surface area contributed by atoms with Crippen LogP contribution in [0.5, 0.6) is 0 Å². The zero-order valence-electron chi connectivity index (χ0n) is 37.0. The molecule has 0 spiro atoms. The van der Waals surface area contributed by atoms with Gasteiger partial charge in [0.25, 0.3) is 0 Å². The molecular formula is C55H86. The van der Waals surface area contributed by atoms with Crippen molar-refractivity contribution in [1.82, 2.24) is 0 Å². The Balaban J connectivity index is 1.36. The summed E-state index contributed by atoms with van der Waals surface area (Å²) >= 11 is 0. The van der Waals surface area contributed by atoms with Crippen LogP contribution in [0.4, 0.5) is 0 Å². The highest BCUT2D eigenvalue weighted by molar-refractivity contribution is 5.51. The second-order valence-electron chi connectivity index (χ2n) is 19.3. The van der Waals surface area contributed by atoms with Crippen molar-refractivity contribution in [3.8, 4) is 0 Å². The normalized spacial score (nSPS) is 25.6. The Kier molecular flexibility index (Phi) is 19.7. The Hall–Kier alpha value is -2.08. The first kappa shape index (κ1) is 44.0. The van der Waals surface area contributed by atoms with Crippen LogP contribution in [0, 0.1) is 29.6 Å². The Morgan fingerprint density at radius 2 is 1.60 bits per heavy atom. The minimum atomic E-state index is 0.694. The van der Waals surface area contributed by atoms with Gasteiger partial charge in [0.15, 0.2) is 0 Å². The largest absolute Gasteiger partial charge is 0.0885 e. The lowest BCUT2D eigenvalue weighted by Gasteiger charge is -2.29. The summed E-state index contributed by atoms with van der Waals surface area (Å²) in [6.45, 7) is 12.3. The average Bonchev–Trinajstić information content (AvgIpc) is 3.86. The summed E-state index contributed by atoms with van der Waals surface area (Å²) in [5, 5.41) is 0. The van der Waals surface area contributed by atoms with Crippen molar-refractivity contribution in [2.24, 2.45) is 29.6 Å². The van der Waals surface area contributed by atoms with Crippen molar-refractivity contribution in [2.45, 2.75) is 221 Å². The van der Waals surface area contributed by atoms with E-state index in [0.29, 0.717) is 5.92 Å². The van der Waals surface area contributed by atoms with Crippen molar-refractivity contribution >= 4 is 0 Å². The average molecular weight is 747 g/mol. The smallest absolute Gasteiger partial charge is 0.0130 e. The second-order valence-corrected chi connectivity index (χ2v) is 19.3. The number of hydrogen-bond acceptors (Lipinski definition) is 0. The predicted octanol–water partition coefficient (Wildman–Crippen LogP) is 18.0. The van der Waals surface area contributed by atoms with E-state index >= 15 is 0 Å². The van der Waals surface area contributed by atoms with Crippen LogP contribution < -0.4 is 0 Å². The minimum Gasteiger partial charge on any atom is -0.0885 e. The molecule has 4 unspecified atom stereocenters. The molecule has 0 saturated heterocycles. The summed E-state index contributed by atoms with van der Waals surface area (Å²) in [5.41, 5.74) is 14.0. The number of unbranched alkanes of at least 4 members (excludes halogenated alkanes) is 3. The van der Waals surface area contributed by atoms with Crippen LogP contribution in [0.2, 0.25) is 0 Å². The molecule has 0 bridgehead atoms. The lowest BCUT2D eigenvalue weighted by Crippen LogP contribution is -2.20. The van der Waals surface area contributed by atoms with E-state index < -0.39 is 0 Å². The first-order valence-corrected chi connectivity index (χ1v) is 24.5. The van der Waals surface area contributed by atoms with Crippen LogP contribution in [0.3, 0.4) is 0 Å². The SMILES string of the molecule is CCCCCC(C(C)CCC1=CCCC2=C(CCC=C2)CCC1)C1C=C(C2=CCCCC=CCCC2)C(=CCC(CCCCC(C)C)=C2CCC(CC)C2)C1. The van der Waals surface area contributed by atoms with Gasteiger partial charge < -0.3 is 0 Å². The molecule has 1 saturated carbocycles. The summed E-state index contributed by atoms with van der Waals surface area (Å²) in [7, 11) is 0. The van der Waals surface area contributed by atoms with Gasteiger partial charge in [-0.1, -0.05) is 144 Å². The molecule has 0 aliphatic heterocycles. The van der Waals surface area contributed by atoms with E-state index in [9.17, 15) is 0 Å². The van der Waals surface area contributed by atoms with E-state index in [0.717, 1.165) is 23.7 Å². The van der Waals surface area contributed by atoms with Crippen LogP contribution in [-0.4, -0.2) is 0 Å². The summed E-state index contributed by atoms with van der Waals surface area (Å²) < 4.78 is 0. The van der Waals surface area contributed by atoms with Crippen LogP contribution in [0.15, 0.2) is 93.2 Å². The molecular weight excluding hydrogens is 661 g/mol. The number of hydrogen-bond donors (Lipinski definition) is 0. The van der Waals surface area contributed by atoms with Gasteiger partial charge in [0.2, 0.25) is 0 Å². The predicted molar refractivity (Wildman–Crippen MR) is 244 cm³/mol. The molecule has 0 aromatic rings. The summed E-state index contributed by atoms with van der Waals surface area (Å²) in [4.78, 5) is 0. The highest BCUT2D eigenvalue weighted by Crippen LogP contribution is 2.46. The molecule has 5 rings (SSSR count). The Bertz CT molecular complexity index is 1410. The molecule has 0 radical (unpaired) electrons. The molecule has 4 atom stereocenters. The van der Waals surface area contributed by atoms with Crippen molar-refractivity contribution < 1.29 is 0 Å². The Labute approximate surface area is 342 Å².